The Labute approximate surface area is 119 Å². The van der Waals surface area contributed by atoms with Crippen molar-refractivity contribution in [1.82, 2.24) is 0 Å². The molecule has 2 aromatic carbocycles. The summed E-state index contributed by atoms with van der Waals surface area (Å²) in [4.78, 5) is 0. The van der Waals surface area contributed by atoms with Gasteiger partial charge in [-0.1, -0.05) is 31.2 Å². The predicted octanol–water partition coefficient (Wildman–Crippen LogP) is 3.87. The van der Waals surface area contributed by atoms with Crippen molar-refractivity contribution in [3.05, 3.63) is 53.1 Å². The minimum Gasteiger partial charge on any atom is -0.504 e. The first-order chi connectivity index (χ1) is 9.58. The van der Waals surface area contributed by atoms with Gasteiger partial charge in [0.05, 0.1) is 14.2 Å². The van der Waals surface area contributed by atoms with Crippen molar-refractivity contribution >= 4 is 0 Å². The number of aryl methyl sites for hydroxylation is 1. The third kappa shape index (κ3) is 2.57. The molecule has 1 N–H and O–H groups in total. The van der Waals surface area contributed by atoms with Crippen LogP contribution in [0.4, 0.5) is 0 Å². The molecule has 0 saturated carbocycles. The maximum Gasteiger partial charge on any atom is 0.160 e. The van der Waals surface area contributed by atoms with Crippen LogP contribution >= 0.6 is 0 Å². The first-order valence-corrected chi connectivity index (χ1v) is 6.59. The van der Waals surface area contributed by atoms with Gasteiger partial charge in [0.2, 0.25) is 0 Å². The van der Waals surface area contributed by atoms with Gasteiger partial charge < -0.3 is 14.6 Å². The lowest BCUT2D eigenvalue weighted by atomic mass is 9.91. The van der Waals surface area contributed by atoms with Crippen LogP contribution in [0.3, 0.4) is 0 Å². The Bertz CT molecular complexity index is 605. The van der Waals surface area contributed by atoms with Crippen LogP contribution in [-0.4, -0.2) is 19.3 Å². The molecule has 106 valence electrons. The van der Waals surface area contributed by atoms with E-state index in [-0.39, 0.29) is 11.7 Å². The van der Waals surface area contributed by atoms with Gasteiger partial charge in [0, 0.05) is 11.5 Å². The van der Waals surface area contributed by atoms with Gasteiger partial charge in [0.15, 0.2) is 11.5 Å². The molecule has 0 radical (unpaired) electrons. The fourth-order valence-electron chi connectivity index (χ4n) is 2.45. The molecule has 0 aliphatic carbocycles. The number of ether oxygens (including phenoxy) is 2. The molecule has 0 bridgehead atoms. The monoisotopic (exact) mass is 272 g/mol. The first kappa shape index (κ1) is 14.3. The van der Waals surface area contributed by atoms with Crippen molar-refractivity contribution in [2.24, 2.45) is 0 Å². The molecule has 1 atom stereocenters. The zero-order valence-corrected chi connectivity index (χ0v) is 12.3. The number of hydrogen-bond acceptors (Lipinski definition) is 3. The highest BCUT2D eigenvalue weighted by Crippen LogP contribution is 2.36. The predicted molar refractivity (Wildman–Crippen MR) is 79.9 cm³/mol. The number of rotatable bonds is 4. The SMILES string of the molecule is COc1ccc(C(C)c2cccc(C)c2OC)cc1O. The summed E-state index contributed by atoms with van der Waals surface area (Å²) in [5.41, 5.74) is 3.24. The van der Waals surface area contributed by atoms with Gasteiger partial charge in [-0.25, -0.2) is 0 Å². The maximum absolute atomic E-state index is 9.91. The van der Waals surface area contributed by atoms with Crippen LogP contribution in [-0.2, 0) is 0 Å². The molecule has 0 amide bonds. The van der Waals surface area contributed by atoms with Crippen LogP contribution in [0.25, 0.3) is 0 Å². The third-order valence-electron chi connectivity index (χ3n) is 3.62. The van der Waals surface area contributed by atoms with Crippen LogP contribution < -0.4 is 9.47 Å². The summed E-state index contributed by atoms with van der Waals surface area (Å²) in [5.74, 6) is 1.66. The van der Waals surface area contributed by atoms with Gasteiger partial charge in [0.25, 0.3) is 0 Å². The minimum atomic E-state index is 0.127. The molecule has 3 heteroatoms. The fourth-order valence-corrected chi connectivity index (χ4v) is 2.45. The molecule has 1 unspecified atom stereocenters. The van der Waals surface area contributed by atoms with Crippen LogP contribution in [0.2, 0.25) is 0 Å². The maximum atomic E-state index is 9.91. The van der Waals surface area contributed by atoms with Crippen molar-refractivity contribution in [3.8, 4) is 17.2 Å². The minimum absolute atomic E-state index is 0.127. The van der Waals surface area contributed by atoms with Crippen molar-refractivity contribution < 1.29 is 14.6 Å². The van der Waals surface area contributed by atoms with Gasteiger partial charge in [-0.2, -0.15) is 0 Å². The third-order valence-corrected chi connectivity index (χ3v) is 3.62. The van der Waals surface area contributed by atoms with E-state index >= 15 is 0 Å². The summed E-state index contributed by atoms with van der Waals surface area (Å²) < 4.78 is 10.6. The van der Waals surface area contributed by atoms with E-state index in [1.54, 1.807) is 26.4 Å². The zero-order chi connectivity index (χ0) is 14.7. The second-order valence-electron chi connectivity index (χ2n) is 4.85. The largest absolute Gasteiger partial charge is 0.504 e. The molecule has 3 nitrogen and oxygen atoms in total. The number of phenolic OH excluding ortho intramolecular Hbond substituents is 1. The molecule has 0 aromatic heterocycles. The molecule has 0 fully saturated rings. The number of hydrogen-bond donors (Lipinski definition) is 1. The normalized spacial score (nSPS) is 12.0. The van der Waals surface area contributed by atoms with Crippen molar-refractivity contribution in [3.63, 3.8) is 0 Å². The molecule has 0 spiro atoms. The van der Waals surface area contributed by atoms with E-state index < -0.39 is 0 Å². The number of benzene rings is 2. The van der Waals surface area contributed by atoms with E-state index in [1.807, 2.05) is 25.1 Å². The Morgan fingerprint density at radius 1 is 1.05 bits per heavy atom. The fraction of sp³-hybridized carbons (Fsp3) is 0.294. The average Bonchev–Trinajstić information content (AvgIpc) is 2.46. The summed E-state index contributed by atoms with van der Waals surface area (Å²) in [6.07, 6.45) is 0. The standard InChI is InChI=1S/C17H20O3/c1-11-6-5-7-14(17(11)20-4)12(2)13-8-9-16(19-3)15(18)10-13/h5-10,12,18H,1-4H3. The van der Waals surface area contributed by atoms with E-state index in [2.05, 4.69) is 13.0 Å². The lowest BCUT2D eigenvalue weighted by Gasteiger charge is -2.18. The van der Waals surface area contributed by atoms with Crippen LogP contribution in [0.15, 0.2) is 36.4 Å². The number of methoxy groups -OCH3 is 2. The summed E-state index contributed by atoms with van der Waals surface area (Å²) in [6.45, 7) is 4.12. The molecule has 2 rings (SSSR count). The Kier molecular flexibility index (Phi) is 4.18. The molecular formula is C17H20O3. The molecule has 2 aromatic rings. The van der Waals surface area contributed by atoms with E-state index in [0.29, 0.717) is 5.75 Å². The number of para-hydroxylation sites is 1. The van der Waals surface area contributed by atoms with Gasteiger partial charge in [-0.05, 0) is 30.2 Å². The Hall–Kier alpha value is -2.16. The van der Waals surface area contributed by atoms with E-state index in [4.69, 9.17) is 9.47 Å². The van der Waals surface area contributed by atoms with E-state index in [0.717, 1.165) is 22.4 Å². The Morgan fingerprint density at radius 3 is 2.40 bits per heavy atom. The van der Waals surface area contributed by atoms with Gasteiger partial charge in [-0.3, -0.25) is 0 Å². The van der Waals surface area contributed by atoms with Gasteiger partial charge >= 0.3 is 0 Å². The van der Waals surface area contributed by atoms with Crippen LogP contribution in [0.5, 0.6) is 17.2 Å². The highest BCUT2D eigenvalue weighted by atomic mass is 16.5. The second kappa shape index (κ2) is 5.87. The molecule has 0 aliphatic rings. The van der Waals surface area contributed by atoms with Crippen LogP contribution in [0, 0.1) is 6.92 Å². The number of phenols is 1. The van der Waals surface area contributed by atoms with Gasteiger partial charge in [-0.15, -0.1) is 0 Å². The lowest BCUT2D eigenvalue weighted by Crippen LogP contribution is -2.01. The smallest absolute Gasteiger partial charge is 0.160 e. The van der Waals surface area contributed by atoms with Gasteiger partial charge in [0.1, 0.15) is 5.75 Å². The van der Waals surface area contributed by atoms with E-state index in [1.165, 1.54) is 0 Å². The highest BCUT2D eigenvalue weighted by Gasteiger charge is 2.16. The van der Waals surface area contributed by atoms with E-state index in [9.17, 15) is 5.11 Å². The number of aromatic hydroxyl groups is 1. The highest BCUT2D eigenvalue weighted by molar-refractivity contribution is 5.49. The summed E-state index contributed by atoms with van der Waals surface area (Å²) >= 11 is 0. The molecular weight excluding hydrogens is 252 g/mol. The second-order valence-corrected chi connectivity index (χ2v) is 4.85. The van der Waals surface area contributed by atoms with Crippen LogP contribution in [0.1, 0.15) is 29.5 Å². The van der Waals surface area contributed by atoms with Crippen molar-refractivity contribution in [1.29, 1.82) is 0 Å². The summed E-state index contributed by atoms with van der Waals surface area (Å²) in [6, 6.07) is 11.6. The summed E-state index contributed by atoms with van der Waals surface area (Å²) in [5, 5.41) is 9.91. The van der Waals surface area contributed by atoms with Crippen molar-refractivity contribution in [2.45, 2.75) is 19.8 Å². The topological polar surface area (TPSA) is 38.7 Å². The molecule has 0 saturated heterocycles. The molecule has 0 heterocycles. The molecule has 0 aliphatic heterocycles. The average molecular weight is 272 g/mol. The Morgan fingerprint density at radius 2 is 1.80 bits per heavy atom. The Balaban J connectivity index is 2.43. The van der Waals surface area contributed by atoms with Crippen molar-refractivity contribution in [2.75, 3.05) is 14.2 Å². The zero-order valence-electron chi connectivity index (χ0n) is 12.3. The molecule has 20 heavy (non-hydrogen) atoms. The summed E-state index contributed by atoms with van der Waals surface area (Å²) in [7, 11) is 3.23. The lowest BCUT2D eigenvalue weighted by molar-refractivity contribution is 0.373. The quantitative estimate of drug-likeness (QED) is 0.918. The first-order valence-electron chi connectivity index (χ1n) is 6.59.